The molecule has 2 aromatic rings. The third kappa shape index (κ3) is 4.16. The lowest BCUT2D eigenvalue weighted by Gasteiger charge is -2.23. The van der Waals surface area contributed by atoms with E-state index >= 15 is 0 Å². The average Bonchev–Trinajstić information content (AvgIpc) is 2.55. The summed E-state index contributed by atoms with van der Waals surface area (Å²) in [5.41, 5.74) is 1.22. The maximum atomic E-state index is 12.5. The summed E-state index contributed by atoms with van der Waals surface area (Å²) in [6, 6.07) is 12.9. The van der Waals surface area contributed by atoms with Crippen LogP contribution in [-0.4, -0.2) is 16.8 Å². The van der Waals surface area contributed by atoms with Crippen LogP contribution in [0.3, 0.4) is 0 Å². The first kappa shape index (κ1) is 16.7. The lowest BCUT2D eigenvalue weighted by Crippen LogP contribution is -2.45. The minimum atomic E-state index is -1.18. The molecule has 0 saturated carbocycles. The van der Waals surface area contributed by atoms with Crippen molar-refractivity contribution in [3.8, 4) is 0 Å². The second-order valence-corrected chi connectivity index (χ2v) is 5.90. The van der Waals surface area contributed by atoms with Crippen molar-refractivity contribution in [2.75, 3.05) is 5.32 Å². The van der Waals surface area contributed by atoms with E-state index in [1.54, 1.807) is 20.0 Å². The van der Waals surface area contributed by atoms with E-state index in [4.69, 9.17) is 0 Å². The van der Waals surface area contributed by atoms with Gasteiger partial charge in [-0.1, -0.05) is 24.3 Å². The standard InChI is InChI=1S/C18H21N3O2/c1-13-8-4-5-10-15(13)21-17(23)18(2,3)16(22)20-12-14-9-6-7-11-19-14/h4-11H,12H2,1-3H3,(H,20,22)(H,21,23). The highest BCUT2D eigenvalue weighted by atomic mass is 16.2. The van der Waals surface area contributed by atoms with Crippen molar-refractivity contribution in [3.63, 3.8) is 0 Å². The molecule has 1 aromatic heterocycles. The molecular weight excluding hydrogens is 290 g/mol. The first-order valence-electron chi connectivity index (χ1n) is 7.46. The smallest absolute Gasteiger partial charge is 0.239 e. The summed E-state index contributed by atoms with van der Waals surface area (Å²) in [6.45, 7) is 5.41. The monoisotopic (exact) mass is 311 g/mol. The van der Waals surface area contributed by atoms with Crippen LogP contribution in [0.5, 0.6) is 0 Å². The first-order valence-corrected chi connectivity index (χ1v) is 7.46. The average molecular weight is 311 g/mol. The number of pyridine rings is 1. The van der Waals surface area contributed by atoms with E-state index in [2.05, 4.69) is 15.6 Å². The van der Waals surface area contributed by atoms with Crippen molar-refractivity contribution >= 4 is 17.5 Å². The Bertz CT molecular complexity index is 696. The molecule has 1 heterocycles. The number of aryl methyl sites for hydroxylation is 1. The van der Waals surface area contributed by atoms with E-state index in [1.165, 1.54) is 0 Å². The second-order valence-electron chi connectivity index (χ2n) is 5.90. The summed E-state index contributed by atoms with van der Waals surface area (Å²) in [6.07, 6.45) is 1.66. The molecule has 0 fully saturated rings. The second kappa shape index (κ2) is 7.05. The van der Waals surface area contributed by atoms with Gasteiger partial charge in [-0.2, -0.15) is 0 Å². The topological polar surface area (TPSA) is 71.1 Å². The quantitative estimate of drug-likeness (QED) is 0.834. The lowest BCUT2D eigenvalue weighted by molar-refractivity contribution is -0.138. The van der Waals surface area contributed by atoms with Gasteiger partial charge in [0.1, 0.15) is 5.41 Å². The Labute approximate surface area is 136 Å². The molecule has 0 spiro atoms. The Morgan fingerprint density at radius 1 is 1.04 bits per heavy atom. The SMILES string of the molecule is Cc1ccccc1NC(=O)C(C)(C)C(=O)NCc1ccccn1. The van der Waals surface area contributed by atoms with Gasteiger partial charge in [0.2, 0.25) is 11.8 Å². The van der Waals surface area contributed by atoms with Crippen molar-refractivity contribution in [1.29, 1.82) is 0 Å². The van der Waals surface area contributed by atoms with Crippen LogP contribution in [0.25, 0.3) is 0 Å². The molecule has 0 bridgehead atoms. The van der Waals surface area contributed by atoms with Crippen LogP contribution >= 0.6 is 0 Å². The third-order valence-electron chi connectivity index (χ3n) is 3.68. The lowest BCUT2D eigenvalue weighted by atomic mass is 9.90. The number of carbonyl (C=O) groups excluding carboxylic acids is 2. The number of anilines is 1. The molecule has 0 atom stereocenters. The van der Waals surface area contributed by atoms with Crippen molar-refractivity contribution < 1.29 is 9.59 Å². The number of rotatable bonds is 5. The molecule has 23 heavy (non-hydrogen) atoms. The van der Waals surface area contributed by atoms with Crippen molar-refractivity contribution in [2.24, 2.45) is 5.41 Å². The Morgan fingerprint density at radius 2 is 1.74 bits per heavy atom. The fourth-order valence-corrected chi connectivity index (χ4v) is 1.99. The van der Waals surface area contributed by atoms with E-state index in [0.717, 1.165) is 11.3 Å². The summed E-state index contributed by atoms with van der Waals surface area (Å²) >= 11 is 0. The normalized spacial score (nSPS) is 10.9. The fraction of sp³-hybridized carbons (Fsp3) is 0.278. The first-order chi connectivity index (χ1) is 10.9. The van der Waals surface area contributed by atoms with E-state index < -0.39 is 5.41 Å². The van der Waals surface area contributed by atoms with Gasteiger partial charge in [0.05, 0.1) is 12.2 Å². The molecule has 5 nitrogen and oxygen atoms in total. The molecule has 5 heteroatoms. The molecule has 0 unspecified atom stereocenters. The zero-order valence-electron chi connectivity index (χ0n) is 13.6. The molecule has 0 saturated heterocycles. The number of amides is 2. The summed E-state index contributed by atoms with van der Waals surface area (Å²) in [7, 11) is 0. The maximum Gasteiger partial charge on any atom is 0.239 e. The number of aromatic nitrogens is 1. The van der Waals surface area contributed by atoms with E-state index in [1.807, 2.05) is 49.4 Å². The molecule has 0 aliphatic heterocycles. The zero-order chi connectivity index (χ0) is 16.9. The van der Waals surface area contributed by atoms with Gasteiger partial charge in [0.15, 0.2) is 0 Å². The number of hydrogen-bond acceptors (Lipinski definition) is 3. The van der Waals surface area contributed by atoms with Gasteiger partial charge in [-0.05, 0) is 44.5 Å². The molecule has 1 aromatic carbocycles. The van der Waals surface area contributed by atoms with Crippen LogP contribution in [0.1, 0.15) is 25.1 Å². The molecule has 0 aliphatic rings. The number of carbonyl (C=O) groups is 2. The molecule has 120 valence electrons. The third-order valence-corrected chi connectivity index (χ3v) is 3.68. The molecule has 2 N–H and O–H groups in total. The van der Waals surface area contributed by atoms with Crippen LogP contribution in [0.15, 0.2) is 48.7 Å². The van der Waals surface area contributed by atoms with Crippen molar-refractivity contribution in [3.05, 3.63) is 59.9 Å². The Hall–Kier alpha value is -2.69. The van der Waals surface area contributed by atoms with Gasteiger partial charge in [-0.15, -0.1) is 0 Å². The molecule has 0 aliphatic carbocycles. The van der Waals surface area contributed by atoms with Crippen molar-refractivity contribution in [1.82, 2.24) is 10.3 Å². The highest BCUT2D eigenvalue weighted by Gasteiger charge is 2.36. The summed E-state index contributed by atoms with van der Waals surface area (Å²) < 4.78 is 0. The summed E-state index contributed by atoms with van der Waals surface area (Å²) in [5.74, 6) is -0.681. The van der Waals surface area contributed by atoms with Gasteiger partial charge < -0.3 is 10.6 Å². The molecular formula is C18H21N3O2. The van der Waals surface area contributed by atoms with Crippen LogP contribution in [0, 0.1) is 12.3 Å². The van der Waals surface area contributed by atoms with E-state index in [-0.39, 0.29) is 11.8 Å². The molecule has 0 radical (unpaired) electrons. The van der Waals surface area contributed by atoms with Gasteiger partial charge in [0, 0.05) is 11.9 Å². The van der Waals surface area contributed by atoms with Gasteiger partial charge in [-0.3, -0.25) is 14.6 Å². The predicted molar refractivity (Wildman–Crippen MR) is 89.7 cm³/mol. The zero-order valence-corrected chi connectivity index (χ0v) is 13.6. The van der Waals surface area contributed by atoms with E-state index in [0.29, 0.717) is 12.2 Å². The predicted octanol–water partition coefficient (Wildman–Crippen LogP) is 2.67. The van der Waals surface area contributed by atoms with Gasteiger partial charge >= 0.3 is 0 Å². The number of nitrogens with zero attached hydrogens (tertiary/aromatic N) is 1. The van der Waals surface area contributed by atoms with Crippen molar-refractivity contribution in [2.45, 2.75) is 27.3 Å². The molecule has 2 amide bonds. The van der Waals surface area contributed by atoms with Gasteiger partial charge in [-0.25, -0.2) is 0 Å². The Balaban J connectivity index is 2.00. The fourth-order valence-electron chi connectivity index (χ4n) is 1.99. The molecule has 2 rings (SSSR count). The van der Waals surface area contributed by atoms with Crippen LogP contribution in [0.4, 0.5) is 5.69 Å². The summed E-state index contributed by atoms with van der Waals surface area (Å²) in [4.78, 5) is 28.9. The largest absolute Gasteiger partial charge is 0.350 e. The highest BCUT2D eigenvalue weighted by Crippen LogP contribution is 2.21. The number of hydrogen-bond donors (Lipinski definition) is 2. The number of nitrogens with one attached hydrogen (secondary N) is 2. The Morgan fingerprint density at radius 3 is 2.39 bits per heavy atom. The van der Waals surface area contributed by atoms with Gasteiger partial charge in [0.25, 0.3) is 0 Å². The number of benzene rings is 1. The number of para-hydroxylation sites is 1. The maximum absolute atomic E-state index is 12.5. The van der Waals surface area contributed by atoms with Crippen LogP contribution in [0.2, 0.25) is 0 Å². The van der Waals surface area contributed by atoms with Crippen LogP contribution < -0.4 is 10.6 Å². The van der Waals surface area contributed by atoms with E-state index in [9.17, 15) is 9.59 Å². The minimum Gasteiger partial charge on any atom is -0.350 e. The summed E-state index contributed by atoms with van der Waals surface area (Å²) in [5, 5.41) is 5.57. The highest BCUT2D eigenvalue weighted by molar-refractivity contribution is 6.10. The minimum absolute atomic E-state index is 0.292. The Kier molecular flexibility index (Phi) is 5.11. The van der Waals surface area contributed by atoms with Crippen LogP contribution in [-0.2, 0) is 16.1 Å².